The Labute approximate surface area is 214 Å². The van der Waals surface area contributed by atoms with Gasteiger partial charge in [0.05, 0.1) is 36.5 Å². The summed E-state index contributed by atoms with van der Waals surface area (Å²) in [4.78, 5) is 27.5. The molecule has 4 rings (SSSR count). The normalized spacial score (nSPS) is 14.9. The fourth-order valence-electron chi connectivity index (χ4n) is 4.26. The summed E-state index contributed by atoms with van der Waals surface area (Å²) in [5, 5.41) is 24.9. The number of hydrogen-bond donors (Lipinski definition) is 2. The Morgan fingerprint density at radius 3 is 2.68 bits per heavy atom. The molecular formula is C26H20F3N5O4. The number of nitriles is 1. The standard InChI is InChI=1S/C26H20F3N5O4/c1-15-21(23(36)38-2)22(20-10-9-16(14-30)12-17(20)6-3-4-11-35)34-24(31-32-25(34)37)33(15)19-8-5-7-18(13-19)26(27,28)29/h5,7-10,12-13,22,35H,4,11H2,1-2H3,(H,32,37). The van der Waals surface area contributed by atoms with E-state index in [4.69, 9.17) is 9.84 Å². The van der Waals surface area contributed by atoms with Gasteiger partial charge in [-0.3, -0.25) is 4.90 Å². The number of carbonyl (C=O) groups excluding carboxylic acids is 1. The second-order valence-corrected chi connectivity index (χ2v) is 8.16. The first-order chi connectivity index (χ1) is 18.1. The van der Waals surface area contributed by atoms with E-state index in [0.29, 0.717) is 11.1 Å². The molecule has 0 saturated heterocycles. The van der Waals surface area contributed by atoms with Gasteiger partial charge in [0.1, 0.15) is 6.04 Å². The number of allylic oxidation sites excluding steroid dienone is 1. The van der Waals surface area contributed by atoms with E-state index in [-0.39, 0.29) is 41.5 Å². The number of H-pyrrole nitrogens is 1. The number of benzene rings is 2. The molecule has 0 fully saturated rings. The van der Waals surface area contributed by atoms with Gasteiger partial charge < -0.3 is 9.84 Å². The Balaban J connectivity index is 2.03. The first-order valence-corrected chi connectivity index (χ1v) is 11.2. The van der Waals surface area contributed by atoms with Gasteiger partial charge in [-0.1, -0.05) is 24.0 Å². The van der Waals surface area contributed by atoms with E-state index in [2.05, 4.69) is 22.0 Å². The van der Waals surface area contributed by atoms with Gasteiger partial charge in [-0.15, -0.1) is 5.10 Å². The maximum absolute atomic E-state index is 13.5. The van der Waals surface area contributed by atoms with Crippen LogP contribution in [0.3, 0.4) is 0 Å². The summed E-state index contributed by atoms with van der Waals surface area (Å²) in [6, 6.07) is 9.76. The number of carbonyl (C=O) groups is 1. The van der Waals surface area contributed by atoms with Crippen molar-refractivity contribution in [1.29, 1.82) is 5.26 Å². The summed E-state index contributed by atoms with van der Waals surface area (Å²) in [6.45, 7) is 1.30. The predicted molar refractivity (Wildman–Crippen MR) is 129 cm³/mol. The van der Waals surface area contributed by atoms with E-state index >= 15 is 0 Å². The molecule has 2 N–H and O–H groups in total. The summed E-state index contributed by atoms with van der Waals surface area (Å²) >= 11 is 0. The van der Waals surface area contributed by atoms with Crippen molar-refractivity contribution in [2.45, 2.75) is 25.6 Å². The monoisotopic (exact) mass is 523 g/mol. The van der Waals surface area contributed by atoms with E-state index < -0.39 is 29.4 Å². The SMILES string of the molecule is COC(=O)C1=C(C)N(c2cccc(C(F)(F)F)c2)c2n[nH]c(=O)n2C1c1ccc(C#N)cc1C#CCCO. The number of nitrogens with zero attached hydrogens (tertiary/aromatic N) is 4. The van der Waals surface area contributed by atoms with E-state index in [1.165, 1.54) is 42.2 Å². The minimum atomic E-state index is -4.63. The van der Waals surface area contributed by atoms with Crippen molar-refractivity contribution in [1.82, 2.24) is 14.8 Å². The number of ether oxygens (including phenoxy) is 1. The molecule has 1 aromatic heterocycles. The molecule has 0 radical (unpaired) electrons. The van der Waals surface area contributed by atoms with Crippen LogP contribution in [0, 0.1) is 23.2 Å². The fraction of sp³-hybridized carbons (Fsp3) is 0.231. The van der Waals surface area contributed by atoms with Gasteiger partial charge in [-0.05, 0) is 42.8 Å². The number of aromatic nitrogens is 3. The van der Waals surface area contributed by atoms with Gasteiger partial charge >= 0.3 is 17.8 Å². The number of anilines is 2. The van der Waals surface area contributed by atoms with Crippen molar-refractivity contribution in [3.05, 3.63) is 86.5 Å². The Morgan fingerprint density at radius 1 is 1.26 bits per heavy atom. The lowest BCUT2D eigenvalue weighted by Gasteiger charge is -2.35. The zero-order chi connectivity index (χ0) is 27.6. The Kier molecular flexibility index (Phi) is 7.10. The summed E-state index contributed by atoms with van der Waals surface area (Å²) in [7, 11) is 1.14. The molecular weight excluding hydrogens is 503 g/mol. The molecule has 3 aromatic rings. The molecule has 1 aliphatic heterocycles. The van der Waals surface area contributed by atoms with Crippen LogP contribution in [0.25, 0.3) is 0 Å². The number of methoxy groups -OCH3 is 1. The lowest BCUT2D eigenvalue weighted by atomic mass is 9.90. The number of halogens is 3. The van der Waals surface area contributed by atoms with E-state index in [9.17, 15) is 28.0 Å². The number of fused-ring (bicyclic) bond motifs is 1. The van der Waals surface area contributed by atoms with Crippen LogP contribution in [0.2, 0.25) is 0 Å². The summed E-state index contributed by atoms with van der Waals surface area (Å²) in [5.41, 5.74) is -0.603. The van der Waals surface area contributed by atoms with Crippen LogP contribution in [-0.2, 0) is 15.7 Å². The molecule has 9 nitrogen and oxygen atoms in total. The average molecular weight is 523 g/mol. The highest BCUT2D eigenvalue weighted by Crippen LogP contribution is 2.43. The van der Waals surface area contributed by atoms with Gasteiger partial charge in [0.15, 0.2) is 0 Å². The first kappa shape index (κ1) is 26.3. The first-order valence-electron chi connectivity index (χ1n) is 11.2. The minimum absolute atomic E-state index is 0.0141. The summed E-state index contributed by atoms with van der Waals surface area (Å²) < 4.78 is 46.6. The highest BCUT2D eigenvalue weighted by Gasteiger charge is 2.41. The minimum Gasteiger partial charge on any atom is -0.466 e. The number of esters is 1. The zero-order valence-corrected chi connectivity index (χ0v) is 20.1. The van der Waals surface area contributed by atoms with Crippen LogP contribution in [0.4, 0.5) is 24.8 Å². The smallest absolute Gasteiger partial charge is 0.416 e. The third kappa shape index (κ3) is 4.65. The van der Waals surface area contributed by atoms with Gasteiger partial charge in [0.2, 0.25) is 5.95 Å². The second-order valence-electron chi connectivity index (χ2n) is 8.16. The van der Waals surface area contributed by atoms with Gasteiger partial charge in [0.25, 0.3) is 0 Å². The summed E-state index contributed by atoms with van der Waals surface area (Å²) in [5.74, 6) is 4.74. The number of rotatable bonds is 4. The number of hydrogen-bond acceptors (Lipinski definition) is 7. The van der Waals surface area contributed by atoms with Crippen molar-refractivity contribution in [3.8, 4) is 17.9 Å². The molecule has 0 aliphatic carbocycles. The maximum atomic E-state index is 13.5. The molecule has 2 heterocycles. The lowest BCUT2D eigenvalue weighted by Crippen LogP contribution is -2.38. The molecule has 0 saturated carbocycles. The van der Waals surface area contributed by atoms with E-state index in [1.54, 1.807) is 0 Å². The quantitative estimate of drug-likeness (QED) is 0.397. The second kappa shape index (κ2) is 10.3. The van der Waals surface area contributed by atoms with Crippen molar-refractivity contribution >= 4 is 17.6 Å². The van der Waals surface area contributed by atoms with Gasteiger partial charge in [0, 0.05) is 23.4 Å². The highest BCUT2D eigenvalue weighted by atomic mass is 19.4. The van der Waals surface area contributed by atoms with Crippen LogP contribution >= 0.6 is 0 Å². The largest absolute Gasteiger partial charge is 0.466 e. The van der Waals surface area contributed by atoms with E-state index in [1.807, 2.05) is 6.07 Å². The average Bonchev–Trinajstić information content (AvgIpc) is 3.28. The van der Waals surface area contributed by atoms with Crippen LogP contribution in [-0.4, -0.2) is 39.6 Å². The number of aliphatic hydroxyl groups excluding tert-OH is 1. The number of nitrogens with one attached hydrogen (secondary N) is 1. The number of aromatic amines is 1. The van der Waals surface area contributed by atoms with Crippen molar-refractivity contribution in [3.63, 3.8) is 0 Å². The maximum Gasteiger partial charge on any atom is 0.416 e. The molecule has 12 heteroatoms. The molecule has 1 aliphatic rings. The topological polar surface area (TPSA) is 124 Å². The number of aliphatic hydroxyl groups is 1. The molecule has 1 atom stereocenters. The molecule has 0 amide bonds. The van der Waals surface area contributed by atoms with Crippen molar-refractivity contribution < 1.29 is 27.8 Å². The van der Waals surface area contributed by atoms with Gasteiger partial charge in [-0.2, -0.15) is 18.4 Å². The molecule has 0 bridgehead atoms. The van der Waals surface area contributed by atoms with Crippen molar-refractivity contribution in [2.75, 3.05) is 18.6 Å². The third-order valence-corrected chi connectivity index (χ3v) is 5.92. The lowest BCUT2D eigenvalue weighted by molar-refractivity contribution is -0.138. The molecule has 38 heavy (non-hydrogen) atoms. The van der Waals surface area contributed by atoms with Crippen LogP contribution < -0.4 is 10.6 Å². The fourth-order valence-corrected chi connectivity index (χ4v) is 4.26. The van der Waals surface area contributed by atoms with Crippen LogP contribution in [0.5, 0.6) is 0 Å². The Hall–Kier alpha value is -4.81. The zero-order valence-electron chi connectivity index (χ0n) is 20.1. The van der Waals surface area contributed by atoms with Gasteiger partial charge in [-0.25, -0.2) is 19.3 Å². The molecule has 0 spiro atoms. The highest BCUT2D eigenvalue weighted by molar-refractivity contribution is 5.93. The Bertz CT molecular complexity index is 1600. The third-order valence-electron chi connectivity index (χ3n) is 5.92. The molecule has 2 aromatic carbocycles. The van der Waals surface area contributed by atoms with Crippen LogP contribution in [0.1, 0.15) is 41.6 Å². The Morgan fingerprint density at radius 2 is 2.03 bits per heavy atom. The van der Waals surface area contributed by atoms with E-state index in [0.717, 1.165) is 23.8 Å². The predicted octanol–water partition coefficient (Wildman–Crippen LogP) is 3.38. The number of alkyl halides is 3. The van der Waals surface area contributed by atoms with Crippen molar-refractivity contribution in [2.24, 2.45) is 0 Å². The van der Waals surface area contributed by atoms with Crippen LogP contribution in [0.15, 0.2) is 58.5 Å². The summed E-state index contributed by atoms with van der Waals surface area (Å²) in [6.07, 6.45) is -4.49. The molecule has 194 valence electrons. The molecule has 1 unspecified atom stereocenters.